The smallest absolute Gasteiger partial charge is 0.0124 e. The molecule has 0 heterocycles. The molecule has 0 heteroatoms. The predicted octanol–water partition coefficient (Wildman–Crippen LogP) is 3.33. The standard InChI is InChI=1S/C12H12/c1-3-8-11(2)12-9-6-4-5-7-10-12/h3-6,8-10H,1H2,2H3. The van der Waals surface area contributed by atoms with Gasteiger partial charge in [0.2, 0.25) is 0 Å². The maximum atomic E-state index is 3.66. The van der Waals surface area contributed by atoms with Gasteiger partial charge in [-0.1, -0.05) is 37.0 Å². The molecule has 0 N–H and O–H groups in total. The van der Waals surface area contributed by atoms with Crippen LogP contribution in [0.2, 0.25) is 0 Å². The van der Waals surface area contributed by atoms with Gasteiger partial charge < -0.3 is 0 Å². The van der Waals surface area contributed by atoms with E-state index in [2.05, 4.69) is 25.3 Å². The Morgan fingerprint density at radius 2 is 2.33 bits per heavy atom. The Morgan fingerprint density at radius 3 is 3.08 bits per heavy atom. The number of allylic oxidation sites excluding steroid dienone is 8. The predicted molar refractivity (Wildman–Crippen MR) is 53.8 cm³/mol. The fourth-order valence-electron chi connectivity index (χ4n) is 0.975. The molecule has 1 aliphatic rings. The minimum Gasteiger partial charge on any atom is -0.120 e. The van der Waals surface area contributed by atoms with E-state index in [1.165, 1.54) is 11.1 Å². The molecule has 0 aromatic heterocycles. The Hall–Kier alpha value is -1.52. The van der Waals surface area contributed by atoms with Crippen LogP contribution < -0.4 is 0 Å². The van der Waals surface area contributed by atoms with Gasteiger partial charge in [0.05, 0.1) is 0 Å². The van der Waals surface area contributed by atoms with E-state index in [4.69, 9.17) is 0 Å². The quantitative estimate of drug-likeness (QED) is 0.425. The summed E-state index contributed by atoms with van der Waals surface area (Å²) in [7, 11) is 0. The monoisotopic (exact) mass is 156 g/mol. The molecule has 0 unspecified atom stereocenters. The zero-order chi connectivity index (χ0) is 8.81. The Balaban J connectivity index is 2.96. The minimum absolute atomic E-state index is 1.18. The summed E-state index contributed by atoms with van der Waals surface area (Å²) in [6, 6.07) is 0. The lowest BCUT2D eigenvalue weighted by atomic mass is 10.1. The summed E-state index contributed by atoms with van der Waals surface area (Å²) < 4.78 is 0. The minimum atomic E-state index is 1.18. The molecule has 0 aromatic carbocycles. The fourth-order valence-corrected chi connectivity index (χ4v) is 0.975. The molecule has 0 fully saturated rings. The van der Waals surface area contributed by atoms with Crippen LogP contribution in [0.25, 0.3) is 0 Å². The van der Waals surface area contributed by atoms with Crippen molar-refractivity contribution in [2.45, 2.75) is 6.92 Å². The maximum Gasteiger partial charge on any atom is -0.0124 e. The van der Waals surface area contributed by atoms with Gasteiger partial charge in [-0.05, 0) is 30.2 Å². The third kappa shape index (κ3) is 2.26. The van der Waals surface area contributed by atoms with Gasteiger partial charge in [-0.2, -0.15) is 0 Å². The summed E-state index contributed by atoms with van der Waals surface area (Å²) in [6.45, 7) is 5.72. The topological polar surface area (TPSA) is 0 Å². The first-order valence-electron chi connectivity index (χ1n) is 3.93. The first-order valence-corrected chi connectivity index (χ1v) is 3.93. The number of hydrogen-bond acceptors (Lipinski definition) is 0. The second-order valence-corrected chi connectivity index (χ2v) is 2.57. The molecule has 0 amide bonds. The van der Waals surface area contributed by atoms with Crippen LogP contribution >= 0.6 is 0 Å². The van der Waals surface area contributed by atoms with E-state index >= 15 is 0 Å². The molecule has 0 bridgehead atoms. The Morgan fingerprint density at radius 1 is 1.50 bits per heavy atom. The largest absolute Gasteiger partial charge is 0.120 e. The van der Waals surface area contributed by atoms with E-state index < -0.39 is 0 Å². The van der Waals surface area contributed by atoms with Crippen LogP contribution in [0.3, 0.4) is 0 Å². The summed E-state index contributed by atoms with van der Waals surface area (Å²) in [6.07, 6.45) is 13.7. The Labute approximate surface area is 73.6 Å². The zero-order valence-corrected chi connectivity index (χ0v) is 7.25. The van der Waals surface area contributed by atoms with Gasteiger partial charge in [-0.25, -0.2) is 0 Å². The van der Waals surface area contributed by atoms with Gasteiger partial charge >= 0.3 is 0 Å². The maximum absolute atomic E-state index is 3.66. The number of rotatable bonds is 2. The first kappa shape index (κ1) is 8.58. The lowest BCUT2D eigenvalue weighted by molar-refractivity contribution is 1.43. The summed E-state index contributed by atoms with van der Waals surface area (Å²) in [5.41, 5.74) is 5.44. The van der Waals surface area contributed by atoms with Crippen molar-refractivity contribution in [2.75, 3.05) is 0 Å². The molecule has 0 atom stereocenters. The molecule has 1 aliphatic carbocycles. The van der Waals surface area contributed by atoms with E-state index in [0.717, 1.165) is 0 Å². The van der Waals surface area contributed by atoms with Crippen molar-refractivity contribution in [3.05, 3.63) is 66.0 Å². The molecule has 0 aromatic rings. The van der Waals surface area contributed by atoms with Crippen molar-refractivity contribution in [2.24, 2.45) is 0 Å². The fraction of sp³-hybridized carbons (Fsp3) is 0.0833. The average molecular weight is 156 g/mol. The van der Waals surface area contributed by atoms with E-state index in [1.54, 1.807) is 6.08 Å². The first-order chi connectivity index (χ1) is 5.84. The summed E-state index contributed by atoms with van der Waals surface area (Å²) in [5, 5.41) is 0. The highest BCUT2D eigenvalue weighted by molar-refractivity contribution is 5.43. The third-order valence-electron chi connectivity index (χ3n) is 1.64. The highest BCUT2D eigenvalue weighted by atomic mass is 14.0. The van der Waals surface area contributed by atoms with Crippen LogP contribution in [0.4, 0.5) is 0 Å². The molecule has 0 aliphatic heterocycles. The van der Waals surface area contributed by atoms with Crippen molar-refractivity contribution in [3.8, 4) is 0 Å². The van der Waals surface area contributed by atoms with Crippen molar-refractivity contribution < 1.29 is 0 Å². The average Bonchev–Trinajstić information content (AvgIpc) is 2.32. The molecule has 1 rings (SSSR count). The van der Waals surface area contributed by atoms with Gasteiger partial charge in [0.25, 0.3) is 0 Å². The Bertz CT molecular complexity index is 316. The molecule has 0 radical (unpaired) electrons. The molecule has 0 saturated carbocycles. The van der Waals surface area contributed by atoms with E-state index in [-0.39, 0.29) is 0 Å². The van der Waals surface area contributed by atoms with Crippen molar-refractivity contribution in [3.63, 3.8) is 0 Å². The summed E-state index contributed by atoms with van der Waals surface area (Å²) >= 11 is 0. The molecular weight excluding hydrogens is 144 g/mol. The molecule has 0 nitrogen and oxygen atoms in total. The zero-order valence-electron chi connectivity index (χ0n) is 7.25. The summed E-state index contributed by atoms with van der Waals surface area (Å²) in [4.78, 5) is 0. The van der Waals surface area contributed by atoms with E-state index in [9.17, 15) is 0 Å². The van der Waals surface area contributed by atoms with Crippen molar-refractivity contribution in [1.29, 1.82) is 0 Å². The van der Waals surface area contributed by atoms with Gasteiger partial charge in [-0.15, -0.1) is 5.73 Å². The van der Waals surface area contributed by atoms with Crippen molar-refractivity contribution >= 4 is 0 Å². The summed E-state index contributed by atoms with van der Waals surface area (Å²) in [5.74, 6) is 0. The van der Waals surface area contributed by atoms with Crippen LogP contribution in [0.5, 0.6) is 0 Å². The van der Waals surface area contributed by atoms with E-state index in [0.29, 0.717) is 0 Å². The van der Waals surface area contributed by atoms with Gasteiger partial charge in [-0.3, -0.25) is 0 Å². The van der Waals surface area contributed by atoms with Gasteiger partial charge in [0, 0.05) is 0 Å². The van der Waals surface area contributed by atoms with Crippen molar-refractivity contribution in [1.82, 2.24) is 0 Å². The molecule has 60 valence electrons. The molecule has 0 spiro atoms. The van der Waals surface area contributed by atoms with Crippen LogP contribution in [0, 0.1) is 0 Å². The highest BCUT2D eigenvalue weighted by Crippen LogP contribution is 2.11. The Kier molecular flexibility index (Phi) is 3.13. The van der Waals surface area contributed by atoms with Crippen LogP contribution in [-0.4, -0.2) is 0 Å². The van der Waals surface area contributed by atoms with Crippen LogP contribution in [0.15, 0.2) is 66.0 Å². The van der Waals surface area contributed by atoms with Crippen LogP contribution in [-0.2, 0) is 0 Å². The third-order valence-corrected chi connectivity index (χ3v) is 1.64. The second kappa shape index (κ2) is 4.38. The van der Waals surface area contributed by atoms with Crippen LogP contribution in [0.1, 0.15) is 6.92 Å². The number of hydrogen-bond donors (Lipinski definition) is 0. The van der Waals surface area contributed by atoms with E-state index in [1.807, 2.05) is 30.4 Å². The lowest BCUT2D eigenvalue weighted by Crippen LogP contribution is -1.78. The highest BCUT2D eigenvalue weighted by Gasteiger charge is 1.92. The molecule has 0 saturated heterocycles. The molecular formula is C12H12. The molecule has 12 heavy (non-hydrogen) atoms. The lowest BCUT2D eigenvalue weighted by Gasteiger charge is -1.97. The SMILES string of the molecule is C=CC=C(C)C1=CC=CC=C=C1. The normalized spacial score (nSPS) is 15.8. The van der Waals surface area contributed by atoms with Gasteiger partial charge in [0.1, 0.15) is 0 Å². The second-order valence-electron chi connectivity index (χ2n) is 2.57. The van der Waals surface area contributed by atoms with Gasteiger partial charge in [0.15, 0.2) is 0 Å².